The van der Waals surface area contributed by atoms with Gasteiger partial charge < -0.3 is 10.1 Å². The quantitative estimate of drug-likeness (QED) is 0.442. The van der Waals surface area contributed by atoms with Gasteiger partial charge in [0.15, 0.2) is 0 Å². The molecule has 0 heterocycles. The molecule has 0 saturated heterocycles. The summed E-state index contributed by atoms with van der Waals surface area (Å²) in [6.07, 6.45) is 8.40. The summed E-state index contributed by atoms with van der Waals surface area (Å²) in [6, 6.07) is 0.0895. The molecule has 0 aliphatic heterocycles. The average molecular weight is 185 g/mol. The molecule has 0 radical (unpaired) electrons. The SMILES string of the molecule is CCCCCCCC(C=O)NCC. The highest BCUT2D eigenvalue weighted by atomic mass is 16.1. The predicted octanol–water partition coefficient (Wildman–Crippen LogP) is 2.52. The second-order valence-electron chi connectivity index (χ2n) is 3.50. The minimum atomic E-state index is 0.0895. The lowest BCUT2D eigenvalue weighted by Gasteiger charge is -2.09. The number of likely N-dealkylation sites (N-methyl/N-ethyl adjacent to an activating group) is 1. The second-order valence-corrected chi connectivity index (χ2v) is 3.50. The molecule has 0 bridgehead atoms. The molecule has 0 aliphatic rings. The van der Waals surface area contributed by atoms with Crippen LogP contribution in [0.15, 0.2) is 0 Å². The zero-order valence-electron chi connectivity index (χ0n) is 9.01. The van der Waals surface area contributed by atoms with E-state index in [0.29, 0.717) is 0 Å². The first kappa shape index (κ1) is 12.6. The summed E-state index contributed by atoms with van der Waals surface area (Å²) in [5.41, 5.74) is 0. The van der Waals surface area contributed by atoms with Crippen LogP contribution in [0.3, 0.4) is 0 Å². The van der Waals surface area contributed by atoms with Gasteiger partial charge in [0.25, 0.3) is 0 Å². The third kappa shape index (κ3) is 7.97. The zero-order chi connectivity index (χ0) is 9.94. The van der Waals surface area contributed by atoms with E-state index in [1.165, 1.54) is 32.1 Å². The standard InChI is InChI=1S/C11H23NO/c1-3-5-6-7-8-9-11(10-13)12-4-2/h10-12H,3-9H2,1-2H3. The lowest BCUT2D eigenvalue weighted by atomic mass is 10.1. The van der Waals surface area contributed by atoms with Gasteiger partial charge in [-0.3, -0.25) is 0 Å². The first-order valence-corrected chi connectivity index (χ1v) is 5.53. The fourth-order valence-corrected chi connectivity index (χ4v) is 1.45. The Morgan fingerprint density at radius 3 is 2.38 bits per heavy atom. The van der Waals surface area contributed by atoms with Gasteiger partial charge in [-0.25, -0.2) is 0 Å². The first-order chi connectivity index (χ1) is 6.35. The average Bonchev–Trinajstić information content (AvgIpc) is 2.16. The van der Waals surface area contributed by atoms with Crippen molar-refractivity contribution in [3.05, 3.63) is 0 Å². The van der Waals surface area contributed by atoms with Crippen molar-refractivity contribution >= 4 is 6.29 Å². The number of hydrogen-bond donors (Lipinski definition) is 1. The number of aldehydes is 1. The van der Waals surface area contributed by atoms with E-state index in [1.54, 1.807) is 0 Å². The topological polar surface area (TPSA) is 29.1 Å². The van der Waals surface area contributed by atoms with E-state index < -0.39 is 0 Å². The summed E-state index contributed by atoms with van der Waals surface area (Å²) in [4.78, 5) is 10.6. The Kier molecular flexibility index (Phi) is 9.44. The van der Waals surface area contributed by atoms with E-state index in [9.17, 15) is 4.79 Å². The predicted molar refractivity (Wildman–Crippen MR) is 56.9 cm³/mol. The van der Waals surface area contributed by atoms with Crippen molar-refractivity contribution in [1.29, 1.82) is 0 Å². The minimum absolute atomic E-state index is 0.0895. The van der Waals surface area contributed by atoms with Crippen LogP contribution < -0.4 is 5.32 Å². The molecule has 0 amide bonds. The molecule has 78 valence electrons. The number of nitrogens with one attached hydrogen (secondary N) is 1. The van der Waals surface area contributed by atoms with Gasteiger partial charge in [0.05, 0.1) is 6.04 Å². The smallest absolute Gasteiger partial charge is 0.136 e. The van der Waals surface area contributed by atoms with E-state index >= 15 is 0 Å². The van der Waals surface area contributed by atoms with Crippen molar-refractivity contribution < 1.29 is 4.79 Å². The van der Waals surface area contributed by atoms with Gasteiger partial charge in [-0.2, -0.15) is 0 Å². The summed E-state index contributed by atoms with van der Waals surface area (Å²) in [7, 11) is 0. The van der Waals surface area contributed by atoms with Crippen LogP contribution in [0.25, 0.3) is 0 Å². The number of carbonyl (C=O) groups excluding carboxylic acids is 1. The third-order valence-electron chi connectivity index (χ3n) is 2.25. The maximum atomic E-state index is 10.6. The number of carbonyl (C=O) groups is 1. The van der Waals surface area contributed by atoms with Crippen molar-refractivity contribution in [2.24, 2.45) is 0 Å². The normalized spacial score (nSPS) is 12.8. The maximum absolute atomic E-state index is 10.6. The Balaban J connectivity index is 3.22. The van der Waals surface area contributed by atoms with Crippen LogP contribution in [0.5, 0.6) is 0 Å². The minimum Gasteiger partial charge on any atom is -0.308 e. The molecule has 1 N–H and O–H groups in total. The van der Waals surface area contributed by atoms with Gasteiger partial charge in [-0.15, -0.1) is 0 Å². The fraction of sp³-hybridized carbons (Fsp3) is 0.909. The molecule has 0 aromatic heterocycles. The van der Waals surface area contributed by atoms with Gasteiger partial charge in [0.1, 0.15) is 6.29 Å². The van der Waals surface area contributed by atoms with E-state index in [-0.39, 0.29) is 6.04 Å². The van der Waals surface area contributed by atoms with Gasteiger partial charge in [-0.05, 0) is 13.0 Å². The van der Waals surface area contributed by atoms with E-state index in [2.05, 4.69) is 12.2 Å². The molecular formula is C11H23NO. The lowest BCUT2D eigenvalue weighted by molar-refractivity contribution is -0.109. The summed E-state index contributed by atoms with van der Waals surface area (Å²) >= 11 is 0. The number of unbranched alkanes of at least 4 members (excludes halogenated alkanes) is 4. The molecule has 0 fully saturated rings. The molecule has 13 heavy (non-hydrogen) atoms. The molecule has 0 spiro atoms. The van der Waals surface area contributed by atoms with Crippen LogP contribution >= 0.6 is 0 Å². The van der Waals surface area contributed by atoms with E-state index in [4.69, 9.17) is 0 Å². The van der Waals surface area contributed by atoms with Gasteiger partial charge in [0, 0.05) is 0 Å². The zero-order valence-corrected chi connectivity index (χ0v) is 9.01. The van der Waals surface area contributed by atoms with Gasteiger partial charge in [-0.1, -0.05) is 46.0 Å². The molecule has 1 unspecified atom stereocenters. The fourth-order valence-electron chi connectivity index (χ4n) is 1.45. The Morgan fingerprint density at radius 2 is 1.85 bits per heavy atom. The Labute approximate surface area is 82.1 Å². The van der Waals surface area contributed by atoms with Crippen molar-refractivity contribution in [1.82, 2.24) is 5.32 Å². The monoisotopic (exact) mass is 185 g/mol. The highest BCUT2D eigenvalue weighted by Gasteiger charge is 2.03. The highest BCUT2D eigenvalue weighted by molar-refractivity contribution is 5.57. The molecule has 0 aromatic rings. The number of hydrogen-bond acceptors (Lipinski definition) is 2. The van der Waals surface area contributed by atoms with E-state index in [0.717, 1.165) is 19.3 Å². The molecule has 0 aromatic carbocycles. The Morgan fingerprint density at radius 1 is 1.15 bits per heavy atom. The van der Waals surface area contributed by atoms with Crippen LogP contribution in [0.4, 0.5) is 0 Å². The Hall–Kier alpha value is -0.370. The molecule has 0 saturated carbocycles. The van der Waals surface area contributed by atoms with Crippen LogP contribution in [-0.4, -0.2) is 18.9 Å². The summed E-state index contributed by atoms with van der Waals surface area (Å²) in [5.74, 6) is 0. The van der Waals surface area contributed by atoms with Crippen molar-refractivity contribution in [3.8, 4) is 0 Å². The van der Waals surface area contributed by atoms with Crippen LogP contribution in [0.2, 0.25) is 0 Å². The first-order valence-electron chi connectivity index (χ1n) is 5.53. The van der Waals surface area contributed by atoms with E-state index in [1.807, 2.05) is 6.92 Å². The molecule has 1 atom stereocenters. The van der Waals surface area contributed by atoms with Crippen molar-refractivity contribution in [2.45, 2.75) is 58.4 Å². The largest absolute Gasteiger partial charge is 0.308 e. The third-order valence-corrected chi connectivity index (χ3v) is 2.25. The lowest BCUT2D eigenvalue weighted by Crippen LogP contribution is -2.29. The van der Waals surface area contributed by atoms with Crippen LogP contribution in [0, 0.1) is 0 Å². The number of rotatable bonds is 9. The van der Waals surface area contributed by atoms with Gasteiger partial charge in [0.2, 0.25) is 0 Å². The second kappa shape index (κ2) is 9.72. The van der Waals surface area contributed by atoms with Gasteiger partial charge >= 0.3 is 0 Å². The van der Waals surface area contributed by atoms with Crippen molar-refractivity contribution in [3.63, 3.8) is 0 Å². The van der Waals surface area contributed by atoms with Crippen molar-refractivity contribution in [2.75, 3.05) is 6.54 Å². The molecular weight excluding hydrogens is 162 g/mol. The molecule has 0 rings (SSSR count). The maximum Gasteiger partial charge on any atom is 0.136 e. The van der Waals surface area contributed by atoms with Crippen LogP contribution in [0.1, 0.15) is 52.4 Å². The Bertz CT molecular complexity index is 115. The molecule has 2 nitrogen and oxygen atoms in total. The van der Waals surface area contributed by atoms with Crippen LogP contribution in [-0.2, 0) is 4.79 Å². The molecule has 0 aliphatic carbocycles. The summed E-state index contributed by atoms with van der Waals surface area (Å²) in [6.45, 7) is 5.14. The summed E-state index contributed by atoms with van der Waals surface area (Å²) in [5, 5.41) is 3.16. The summed E-state index contributed by atoms with van der Waals surface area (Å²) < 4.78 is 0. The molecule has 2 heteroatoms. The highest BCUT2D eigenvalue weighted by Crippen LogP contribution is 2.06.